The Balaban J connectivity index is 2.07. The van der Waals surface area contributed by atoms with E-state index in [0.29, 0.717) is 12.1 Å². The lowest BCUT2D eigenvalue weighted by atomic mass is 10.1. The van der Waals surface area contributed by atoms with Gasteiger partial charge in [0, 0.05) is 29.8 Å². The Morgan fingerprint density at radius 2 is 2.05 bits per heavy atom. The summed E-state index contributed by atoms with van der Waals surface area (Å²) in [4.78, 5) is 0. The largest absolute Gasteiger partial charge is 0.361 e. The molecule has 0 saturated heterocycles. The maximum atomic E-state index is 13.6. The molecule has 2 aromatic rings. The Morgan fingerprint density at radius 1 is 1.32 bits per heavy atom. The summed E-state index contributed by atoms with van der Waals surface area (Å²) >= 11 is 0. The minimum atomic E-state index is -0.570. The first kappa shape index (κ1) is 13.7. The molecular weight excluding hydrogens is 250 g/mol. The number of aromatic nitrogens is 1. The van der Waals surface area contributed by atoms with Gasteiger partial charge in [0.15, 0.2) is 0 Å². The molecule has 2 rings (SSSR count). The summed E-state index contributed by atoms with van der Waals surface area (Å²) in [7, 11) is 0. The van der Waals surface area contributed by atoms with E-state index >= 15 is 0 Å². The van der Waals surface area contributed by atoms with Crippen molar-refractivity contribution in [3.05, 3.63) is 52.4 Å². The minimum Gasteiger partial charge on any atom is -0.361 e. The third kappa shape index (κ3) is 2.98. The van der Waals surface area contributed by atoms with E-state index in [2.05, 4.69) is 10.5 Å². The van der Waals surface area contributed by atoms with Gasteiger partial charge < -0.3 is 9.84 Å². The van der Waals surface area contributed by atoms with Crippen LogP contribution in [0, 0.1) is 25.5 Å². The van der Waals surface area contributed by atoms with Crippen molar-refractivity contribution in [3.63, 3.8) is 0 Å². The van der Waals surface area contributed by atoms with Crippen LogP contribution in [0.3, 0.4) is 0 Å². The molecule has 1 aromatic carbocycles. The van der Waals surface area contributed by atoms with Gasteiger partial charge in [0.25, 0.3) is 0 Å². The average molecular weight is 266 g/mol. The molecule has 3 nitrogen and oxygen atoms in total. The normalized spacial score (nSPS) is 12.7. The fourth-order valence-electron chi connectivity index (χ4n) is 1.97. The van der Waals surface area contributed by atoms with E-state index < -0.39 is 11.6 Å². The number of hydrogen-bond acceptors (Lipinski definition) is 3. The van der Waals surface area contributed by atoms with Crippen LogP contribution < -0.4 is 5.32 Å². The molecule has 1 atom stereocenters. The molecule has 0 aliphatic rings. The summed E-state index contributed by atoms with van der Waals surface area (Å²) < 4.78 is 31.5. The highest BCUT2D eigenvalue weighted by Crippen LogP contribution is 2.19. The van der Waals surface area contributed by atoms with Crippen molar-refractivity contribution < 1.29 is 13.3 Å². The van der Waals surface area contributed by atoms with Crippen LogP contribution in [-0.4, -0.2) is 5.16 Å². The molecule has 0 amide bonds. The highest BCUT2D eigenvalue weighted by Gasteiger charge is 2.14. The van der Waals surface area contributed by atoms with Crippen LogP contribution in [-0.2, 0) is 6.54 Å². The lowest BCUT2D eigenvalue weighted by molar-refractivity contribution is 0.391. The van der Waals surface area contributed by atoms with Crippen molar-refractivity contribution in [3.8, 4) is 0 Å². The van der Waals surface area contributed by atoms with Gasteiger partial charge in [-0.2, -0.15) is 0 Å². The topological polar surface area (TPSA) is 38.1 Å². The van der Waals surface area contributed by atoms with Crippen molar-refractivity contribution in [2.75, 3.05) is 0 Å². The first-order valence-electron chi connectivity index (χ1n) is 6.09. The van der Waals surface area contributed by atoms with Crippen molar-refractivity contribution in [2.45, 2.75) is 33.4 Å². The highest BCUT2D eigenvalue weighted by molar-refractivity contribution is 5.23. The number of rotatable bonds is 4. The van der Waals surface area contributed by atoms with Gasteiger partial charge in [0.05, 0.1) is 5.69 Å². The summed E-state index contributed by atoms with van der Waals surface area (Å²) in [6, 6.07) is 3.38. The van der Waals surface area contributed by atoms with E-state index in [1.807, 2.05) is 20.8 Å². The van der Waals surface area contributed by atoms with E-state index in [0.717, 1.165) is 23.1 Å². The Labute approximate surface area is 110 Å². The SMILES string of the molecule is Cc1noc(C)c1CNC(C)c1ccc(F)cc1F. The zero-order valence-corrected chi connectivity index (χ0v) is 11.1. The molecule has 5 heteroatoms. The van der Waals surface area contributed by atoms with Crippen LogP contribution >= 0.6 is 0 Å². The Hall–Kier alpha value is -1.75. The first-order chi connectivity index (χ1) is 8.99. The monoisotopic (exact) mass is 266 g/mol. The summed E-state index contributed by atoms with van der Waals surface area (Å²) in [5.74, 6) is -0.366. The van der Waals surface area contributed by atoms with Gasteiger partial charge in [-0.25, -0.2) is 8.78 Å². The highest BCUT2D eigenvalue weighted by atomic mass is 19.1. The molecule has 1 unspecified atom stereocenters. The fraction of sp³-hybridized carbons (Fsp3) is 0.357. The summed E-state index contributed by atoms with van der Waals surface area (Å²) in [5, 5.41) is 7.04. The number of benzene rings is 1. The van der Waals surface area contributed by atoms with Crippen molar-refractivity contribution in [1.29, 1.82) is 0 Å². The lowest BCUT2D eigenvalue weighted by Gasteiger charge is -2.15. The fourth-order valence-corrected chi connectivity index (χ4v) is 1.97. The number of aryl methyl sites for hydroxylation is 2. The maximum Gasteiger partial charge on any atom is 0.138 e. The van der Waals surface area contributed by atoms with Gasteiger partial charge >= 0.3 is 0 Å². The number of hydrogen-bond donors (Lipinski definition) is 1. The molecule has 0 radical (unpaired) electrons. The van der Waals surface area contributed by atoms with E-state index in [1.165, 1.54) is 12.1 Å². The predicted molar refractivity (Wildman–Crippen MR) is 67.6 cm³/mol. The lowest BCUT2D eigenvalue weighted by Crippen LogP contribution is -2.19. The second kappa shape index (κ2) is 5.48. The summed E-state index contributed by atoms with van der Waals surface area (Å²) in [6.45, 7) is 6.05. The number of halogens is 2. The van der Waals surface area contributed by atoms with Gasteiger partial charge in [-0.05, 0) is 26.8 Å². The van der Waals surface area contributed by atoms with Crippen LogP contribution in [0.15, 0.2) is 22.7 Å². The predicted octanol–water partition coefficient (Wildman–Crippen LogP) is 3.42. The van der Waals surface area contributed by atoms with Gasteiger partial charge in [-0.1, -0.05) is 11.2 Å². The van der Waals surface area contributed by atoms with Gasteiger partial charge in [-0.3, -0.25) is 0 Å². The van der Waals surface area contributed by atoms with Crippen LogP contribution in [0.4, 0.5) is 8.78 Å². The molecule has 0 saturated carbocycles. The molecule has 1 heterocycles. The molecule has 0 fully saturated rings. The van der Waals surface area contributed by atoms with Crippen LogP contribution in [0.2, 0.25) is 0 Å². The van der Waals surface area contributed by atoms with Crippen LogP contribution in [0.1, 0.15) is 35.5 Å². The molecule has 0 aliphatic heterocycles. The molecule has 102 valence electrons. The standard InChI is InChI=1S/C14H16F2N2O/c1-8(12-5-4-11(15)6-14(12)16)17-7-13-9(2)18-19-10(13)3/h4-6,8,17H,7H2,1-3H3. The molecule has 0 spiro atoms. The van der Waals surface area contributed by atoms with E-state index in [-0.39, 0.29) is 6.04 Å². The first-order valence-corrected chi connectivity index (χ1v) is 6.09. The summed E-state index contributed by atoms with van der Waals surface area (Å²) in [5.41, 5.74) is 2.22. The molecule has 1 N–H and O–H groups in total. The van der Waals surface area contributed by atoms with Gasteiger partial charge in [-0.15, -0.1) is 0 Å². The van der Waals surface area contributed by atoms with Gasteiger partial charge in [0.2, 0.25) is 0 Å². The Bertz CT molecular complexity index is 561. The quantitative estimate of drug-likeness (QED) is 0.921. The Kier molecular flexibility index (Phi) is 3.95. The molecule has 0 bridgehead atoms. The minimum absolute atomic E-state index is 0.228. The van der Waals surface area contributed by atoms with Crippen molar-refractivity contribution >= 4 is 0 Å². The van der Waals surface area contributed by atoms with E-state index in [9.17, 15) is 8.78 Å². The van der Waals surface area contributed by atoms with Gasteiger partial charge in [0.1, 0.15) is 17.4 Å². The third-order valence-corrected chi connectivity index (χ3v) is 3.20. The third-order valence-electron chi connectivity index (χ3n) is 3.20. The van der Waals surface area contributed by atoms with Crippen molar-refractivity contribution in [2.24, 2.45) is 0 Å². The average Bonchev–Trinajstić information content (AvgIpc) is 2.66. The molecule has 19 heavy (non-hydrogen) atoms. The molecular formula is C14H16F2N2O. The van der Waals surface area contributed by atoms with Crippen LogP contribution in [0.5, 0.6) is 0 Å². The smallest absolute Gasteiger partial charge is 0.138 e. The summed E-state index contributed by atoms with van der Waals surface area (Å²) in [6.07, 6.45) is 0. The van der Waals surface area contributed by atoms with Crippen LogP contribution in [0.25, 0.3) is 0 Å². The molecule has 0 aliphatic carbocycles. The molecule has 1 aromatic heterocycles. The zero-order valence-electron chi connectivity index (χ0n) is 11.1. The maximum absolute atomic E-state index is 13.6. The Morgan fingerprint density at radius 3 is 2.63 bits per heavy atom. The number of nitrogens with zero attached hydrogens (tertiary/aromatic N) is 1. The van der Waals surface area contributed by atoms with E-state index in [4.69, 9.17) is 4.52 Å². The number of nitrogens with one attached hydrogen (secondary N) is 1. The second-order valence-electron chi connectivity index (χ2n) is 4.57. The van der Waals surface area contributed by atoms with E-state index in [1.54, 1.807) is 0 Å². The second-order valence-corrected chi connectivity index (χ2v) is 4.57. The van der Waals surface area contributed by atoms with Crippen molar-refractivity contribution in [1.82, 2.24) is 10.5 Å². The zero-order chi connectivity index (χ0) is 14.0.